The second-order valence-corrected chi connectivity index (χ2v) is 10.1. The molecule has 0 saturated carbocycles. The summed E-state index contributed by atoms with van der Waals surface area (Å²) in [5.74, 6) is -1.85. The maximum atomic E-state index is 13.7. The van der Waals surface area contributed by atoms with Gasteiger partial charge in [0.15, 0.2) is 9.84 Å². The van der Waals surface area contributed by atoms with Crippen LogP contribution in [-0.2, 0) is 16.4 Å². The second kappa shape index (κ2) is 9.44. The molecule has 0 amide bonds. The summed E-state index contributed by atoms with van der Waals surface area (Å²) in [5.41, 5.74) is 4.70. The minimum Gasteiger partial charge on any atom is -0.398 e. The topological polar surface area (TPSA) is 72.5 Å². The van der Waals surface area contributed by atoms with E-state index in [0.717, 1.165) is 29.7 Å². The van der Waals surface area contributed by atoms with E-state index in [-0.39, 0.29) is 16.2 Å². The van der Waals surface area contributed by atoms with E-state index < -0.39 is 39.9 Å². The molecule has 11 heteroatoms. The standard InChI is InChI=1S/C22H17F5N2O2S2/c1-33(30,31)16-4-2-3-13(9-16)19-7-8-20(32-19)18(28)11-21(22(25,26)27)29-12-14-5-6-15(23)10-17(14)24/h2-11H,12,28H2,1H3/b18-11-,29-21?. The van der Waals surface area contributed by atoms with Crippen molar-refractivity contribution in [3.8, 4) is 10.4 Å². The molecule has 3 aromatic rings. The molecular formula is C22H17F5N2O2S2. The predicted molar refractivity (Wildman–Crippen MR) is 119 cm³/mol. The third-order valence-corrected chi connectivity index (χ3v) is 6.75. The van der Waals surface area contributed by atoms with Gasteiger partial charge in [-0.3, -0.25) is 4.99 Å². The SMILES string of the molecule is CS(=O)(=O)c1cccc(-c2ccc(/C(N)=C/C(=NCc3ccc(F)cc3F)C(F)(F)F)s2)c1. The van der Waals surface area contributed by atoms with Crippen molar-refractivity contribution in [1.29, 1.82) is 0 Å². The number of thiophene rings is 1. The quantitative estimate of drug-likeness (QED) is 0.354. The Kier molecular flexibility index (Phi) is 7.03. The summed E-state index contributed by atoms with van der Waals surface area (Å²) in [6.07, 6.45) is -3.14. The molecule has 0 saturated heterocycles. The fourth-order valence-corrected chi connectivity index (χ4v) is 4.38. The van der Waals surface area contributed by atoms with Crippen molar-refractivity contribution in [2.24, 2.45) is 10.7 Å². The van der Waals surface area contributed by atoms with Gasteiger partial charge in [0, 0.05) is 22.8 Å². The number of allylic oxidation sites excluding steroid dienone is 1. The van der Waals surface area contributed by atoms with Crippen LogP contribution in [0.25, 0.3) is 16.1 Å². The van der Waals surface area contributed by atoms with Crippen molar-refractivity contribution in [2.75, 3.05) is 6.26 Å². The maximum Gasteiger partial charge on any atom is 0.432 e. The van der Waals surface area contributed by atoms with Gasteiger partial charge in [0.2, 0.25) is 0 Å². The number of alkyl halides is 3. The van der Waals surface area contributed by atoms with Crippen LogP contribution in [0.4, 0.5) is 22.0 Å². The normalized spacial score (nSPS) is 13.4. The highest BCUT2D eigenvalue weighted by Gasteiger charge is 2.34. The number of hydrogen-bond donors (Lipinski definition) is 1. The molecule has 0 aliphatic heterocycles. The monoisotopic (exact) mass is 500 g/mol. The first-order valence-electron chi connectivity index (χ1n) is 9.28. The molecule has 0 radical (unpaired) electrons. The molecule has 0 aliphatic rings. The van der Waals surface area contributed by atoms with Gasteiger partial charge < -0.3 is 5.73 Å². The molecule has 0 aliphatic carbocycles. The molecule has 4 nitrogen and oxygen atoms in total. The molecule has 1 heterocycles. The van der Waals surface area contributed by atoms with Crippen molar-refractivity contribution in [3.63, 3.8) is 0 Å². The minimum atomic E-state index is -4.86. The van der Waals surface area contributed by atoms with E-state index in [2.05, 4.69) is 4.99 Å². The Hall–Kier alpha value is -3.05. The highest BCUT2D eigenvalue weighted by atomic mass is 32.2. The van der Waals surface area contributed by atoms with Crippen LogP contribution in [0.1, 0.15) is 10.4 Å². The Morgan fingerprint density at radius 3 is 2.45 bits per heavy atom. The molecule has 1 aromatic heterocycles. The molecule has 2 N–H and O–H groups in total. The summed E-state index contributed by atoms with van der Waals surface area (Å²) >= 11 is 1.07. The van der Waals surface area contributed by atoms with Crippen LogP contribution in [0.2, 0.25) is 0 Å². The van der Waals surface area contributed by atoms with Crippen molar-refractivity contribution in [3.05, 3.63) is 82.7 Å². The van der Waals surface area contributed by atoms with E-state index in [1.165, 1.54) is 18.2 Å². The first-order valence-corrected chi connectivity index (χ1v) is 12.0. The lowest BCUT2D eigenvalue weighted by atomic mass is 10.2. The average Bonchev–Trinajstić information content (AvgIpc) is 3.21. The van der Waals surface area contributed by atoms with E-state index in [1.54, 1.807) is 18.2 Å². The van der Waals surface area contributed by atoms with Crippen molar-refractivity contribution in [1.82, 2.24) is 0 Å². The Balaban J connectivity index is 1.91. The highest BCUT2D eigenvalue weighted by molar-refractivity contribution is 7.90. The van der Waals surface area contributed by atoms with Gasteiger partial charge >= 0.3 is 6.18 Å². The van der Waals surface area contributed by atoms with Gasteiger partial charge in [0.1, 0.15) is 17.3 Å². The molecule has 0 unspecified atom stereocenters. The van der Waals surface area contributed by atoms with E-state index in [4.69, 9.17) is 5.73 Å². The summed E-state index contributed by atoms with van der Waals surface area (Å²) in [7, 11) is -3.43. The van der Waals surface area contributed by atoms with Gasteiger partial charge in [-0.25, -0.2) is 17.2 Å². The number of halogens is 5. The van der Waals surface area contributed by atoms with Gasteiger partial charge in [-0.1, -0.05) is 18.2 Å². The molecule has 3 rings (SSSR count). The number of nitrogens with zero attached hydrogens (tertiary/aromatic N) is 1. The maximum absolute atomic E-state index is 13.7. The van der Waals surface area contributed by atoms with Crippen LogP contribution in [0.15, 0.2) is 70.6 Å². The summed E-state index contributed by atoms with van der Waals surface area (Å²) in [6, 6.07) is 11.8. The minimum absolute atomic E-state index is 0.109. The molecule has 2 aromatic carbocycles. The zero-order valence-corrected chi connectivity index (χ0v) is 18.7. The molecule has 33 heavy (non-hydrogen) atoms. The number of hydrogen-bond acceptors (Lipinski definition) is 5. The average molecular weight is 501 g/mol. The summed E-state index contributed by atoms with van der Waals surface area (Å²) in [5, 5.41) is 0. The van der Waals surface area contributed by atoms with E-state index in [0.29, 0.717) is 27.5 Å². The molecule has 0 spiro atoms. The van der Waals surface area contributed by atoms with Gasteiger partial charge in [-0.2, -0.15) is 13.2 Å². The van der Waals surface area contributed by atoms with Crippen LogP contribution in [0.3, 0.4) is 0 Å². The molecule has 0 atom stereocenters. The molecular weight excluding hydrogens is 483 g/mol. The van der Waals surface area contributed by atoms with Crippen LogP contribution < -0.4 is 5.73 Å². The van der Waals surface area contributed by atoms with Crippen molar-refractivity contribution >= 4 is 32.6 Å². The first-order chi connectivity index (χ1) is 15.3. The van der Waals surface area contributed by atoms with Crippen molar-refractivity contribution in [2.45, 2.75) is 17.6 Å². The second-order valence-electron chi connectivity index (χ2n) is 7.00. The largest absolute Gasteiger partial charge is 0.432 e. The van der Waals surface area contributed by atoms with Gasteiger partial charge in [-0.15, -0.1) is 11.3 Å². The third-order valence-electron chi connectivity index (χ3n) is 4.45. The zero-order valence-electron chi connectivity index (χ0n) is 17.0. The van der Waals surface area contributed by atoms with Crippen LogP contribution in [-0.4, -0.2) is 26.6 Å². The molecule has 0 bridgehead atoms. The fourth-order valence-electron chi connectivity index (χ4n) is 2.78. The molecule has 174 valence electrons. The Morgan fingerprint density at radius 1 is 1.09 bits per heavy atom. The number of sulfone groups is 1. The lowest BCUT2D eigenvalue weighted by Crippen LogP contribution is -2.22. The third kappa shape index (κ3) is 6.26. The highest BCUT2D eigenvalue weighted by Crippen LogP contribution is 2.32. The van der Waals surface area contributed by atoms with E-state index in [9.17, 15) is 30.4 Å². The predicted octanol–water partition coefficient (Wildman–Crippen LogP) is 5.60. The van der Waals surface area contributed by atoms with Gasteiger partial charge in [-0.05, 0) is 42.0 Å². The summed E-state index contributed by atoms with van der Waals surface area (Å²) in [4.78, 5) is 4.45. The summed E-state index contributed by atoms with van der Waals surface area (Å²) in [6.45, 7) is -0.654. The van der Waals surface area contributed by atoms with E-state index >= 15 is 0 Å². The van der Waals surface area contributed by atoms with Crippen LogP contribution >= 0.6 is 11.3 Å². The van der Waals surface area contributed by atoms with Crippen LogP contribution in [0, 0.1) is 11.6 Å². The fraction of sp³-hybridized carbons (Fsp3) is 0.136. The Labute approximate surface area is 190 Å². The first kappa shape index (κ1) is 24.6. The Morgan fingerprint density at radius 2 is 1.82 bits per heavy atom. The number of rotatable bonds is 6. The summed E-state index contributed by atoms with van der Waals surface area (Å²) < 4.78 is 90.6. The zero-order chi connectivity index (χ0) is 24.4. The number of benzene rings is 2. The van der Waals surface area contributed by atoms with Gasteiger partial charge in [0.25, 0.3) is 0 Å². The lowest BCUT2D eigenvalue weighted by Gasteiger charge is -2.09. The lowest BCUT2D eigenvalue weighted by molar-refractivity contribution is -0.0579. The Bertz CT molecular complexity index is 1340. The van der Waals surface area contributed by atoms with Crippen molar-refractivity contribution < 1.29 is 30.4 Å². The number of nitrogens with two attached hydrogens (primary N) is 1. The van der Waals surface area contributed by atoms with Gasteiger partial charge in [0.05, 0.1) is 22.0 Å². The smallest absolute Gasteiger partial charge is 0.398 e. The van der Waals surface area contributed by atoms with E-state index in [1.807, 2.05) is 0 Å². The van der Waals surface area contributed by atoms with Crippen LogP contribution in [0.5, 0.6) is 0 Å². The molecule has 0 fully saturated rings. The number of aliphatic imine (C=N–C) groups is 1.